The molecule has 9 nitrogen and oxygen atoms in total. The van der Waals surface area contributed by atoms with Gasteiger partial charge in [0.05, 0.1) is 10.6 Å². The van der Waals surface area contributed by atoms with Crippen molar-refractivity contribution >= 4 is 68.0 Å². The van der Waals surface area contributed by atoms with Gasteiger partial charge in [0.25, 0.3) is 17.7 Å². The van der Waals surface area contributed by atoms with E-state index in [0.717, 1.165) is 4.90 Å². The maximum absolute atomic E-state index is 13.1. The van der Waals surface area contributed by atoms with E-state index in [2.05, 4.69) is 10.6 Å². The Morgan fingerprint density at radius 3 is 2.28 bits per heavy atom. The Hall–Kier alpha value is -3.70. The first-order valence-corrected chi connectivity index (χ1v) is 12.6. The van der Waals surface area contributed by atoms with Crippen LogP contribution in [0, 0.1) is 6.92 Å². The Kier molecular flexibility index (Phi) is 6.87. The van der Waals surface area contributed by atoms with Gasteiger partial charge in [-0.2, -0.15) is 0 Å². The lowest BCUT2D eigenvalue weighted by Crippen LogP contribution is -2.32. The molecule has 3 aromatic carbocycles. The first kappa shape index (κ1) is 25.4. The number of nitrogens with two attached hydrogens (primary N) is 1. The maximum atomic E-state index is 13.1. The lowest BCUT2D eigenvalue weighted by atomic mass is 10.1. The summed E-state index contributed by atoms with van der Waals surface area (Å²) >= 11 is 12.3. The van der Waals surface area contributed by atoms with E-state index in [1.807, 2.05) is 0 Å². The highest BCUT2D eigenvalue weighted by Crippen LogP contribution is 2.33. The van der Waals surface area contributed by atoms with Gasteiger partial charge in [0, 0.05) is 22.0 Å². The molecule has 1 aliphatic rings. The lowest BCUT2D eigenvalue weighted by molar-refractivity contribution is -0.120. The third kappa shape index (κ3) is 5.12. The normalized spacial score (nSPS) is 13.8. The van der Waals surface area contributed by atoms with Gasteiger partial charge in [0.1, 0.15) is 10.7 Å². The number of primary sulfonamides is 1. The van der Waals surface area contributed by atoms with Crippen molar-refractivity contribution in [2.45, 2.75) is 11.8 Å². The van der Waals surface area contributed by atoms with E-state index in [1.165, 1.54) is 36.4 Å². The molecule has 0 bridgehead atoms. The molecule has 0 radical (unpaired) electrons. The molecule has 0 fully saturated rings. The van der Waals surface area contributed by atoms with Crippen molar-refractivity contribution in [3.05, 3.63) is 93.6 Å². The van der Waals surface area contributed by atoms with E-state index in [4.69, 9.17) is 28.3 Å². The van der Waals surface area contributed by atoms with Gasteiger partial charge in [-0.05, 0) is 67.1 Å². The predicted octanol–water partition coefficient (Wildman–Crippen LogP) is 3.98. The summed E-state index contributed by atoms with van der Waals surface area (Å²) in [5.41, 5.74) is 1.74. The van der Waals surface area contributed by atoms with Crippen LogP contribution in [0.25, 0.3) is 0 Å². The predicted molar refractivity (Wildman–Crippen MR) is 137 cm³/mol. The van der Waals surface area contributed by atoms with Crippen molar-refractivity contribution in [3.63, 3.8) is 0 Å². The molecule has 0 atom stereocenters. The minimum absolute atomic E-state index is 0.0883. The van der Waals surface area contributed by atoms with Gasteiger partial charge in [-0.3, -0.25) is 14.4 Å². The Morgan fingerprint density at radius 2 is 1.61 bits per heavy atom. The number of aryl methyl sites for hydroxylation is 1. The van der Waals surface area contributed by atoms with E-state index in [9.17, 15) is 22.8 Å². The minimum atomic E-state index is -3.85. The number of carbonyl (C=O) groups excluding carboxylic acids is 3. The fourth-order valence-corrected chi connectivity index (χ4v) is 4.36. The smallest absolute Gasteiger partial charge is 0.283 e. The molecular formula is C24H18Cl2N4O5S. The number of nitrogens with one attached hydrogen (secondary N) is 2. The van der Waals surface area contributed by atoms with Crippen LogP contribution in [0.4, 0.5) is 17.1 Å². The quantitative estimate of drug-likeness (QED) is 0.401. The molecule has 0 saturated heterocycles. The van der Waals surface area contributed by atoms with Crippen molar-refractivity contribution in [2.75, 3.05) is 15.5 Å². The number of rotatable bonds is 6. The first-order valence-electron chi connectivity index (χ1n) is 10.3. The van der Waals surface area contributed by atoms with Gasteiger partial charge in [0.15, 0.2) is 0 Å². The van der Waals surface area contributed by atoms with Crippen LogP contribution in [0.2, 0.25) is 5.02 Å². The van der Waals surface area contributed by atoms with Crippen LogP contribution in [-0.2, 0) is 19.6 Å². The van der Waals surface area contributed by atoms with Gasteiger partial charge in [-0.25, -0.2) is 18.5 Å². The zero-order valence-corrected chi connectivity index (χ0v) is 20.9. The molecule has 3 amide bonds. The van der Waals surface area contributed by atoms with Gasteiger partial charge >= 0.3 is 0 Å². The topological polar surface area (TPSA) is 139 Å². The van der Waals surface area contributed by atoms with Crippen LogP contribution in [0.1, 0.15) is 15.9 Å². The number of imide groups is 1. The molecule has 36 heavy (non-hydrogen) atoms. The first-order chi connectivity index (χ1) is 17.0. The third-order valence-corrected chi connectivity index (χ3v) is 6.79. The van der Waals surface area contributed by atoms with Crippen LogP contribution in [0.15, 0.2) is 82.4 Å². The van der Waals surface area contributed by atoms with Gasteiger partial charge in [0.2, 0.25) is 10.0 Å². The zero-order valence-electron chi connectivity index (χ0n) is 18.6. The Morgan fingerprint density at radius 1 is 0.917 bits per heavy atom. The summed E-state index contributed by atoms with van der Waals surface area (Å²) < 4.78 is 22.8. The highest BCUT2D eigenvalue weighted by atomic mass is 35.5. The Balaban J connectivity index is 1.53. The highest BCUT2D eigenvalue weighted by Gasteiger charge is 2.39. The van der Waals surface area contributed by atoms with Gasteiger partial charge in [-0.1, -0.05) is 35.3 Å². The van der Waals surface area contributed by atoms with Crippen molar-refractivity contribution < 1.29 is 22.8 Å². The number of hydrogen-bond acceptors (Lipinski definition) is 6. The van der Waals surface area contributed by atoms with Crippen molar-refractivity contribution in [3.8, 4) is 0 Å². The molecule has 4 N–H and O–H groups in total. The number of hydrogen-bond donors (Lipinski definition) is 3. The molecule has 184 valence electrons. The number of amides is 3. The van der Waals surface area contributed by atoms with E-state index in [-0.39, 0.29) is 21.2 Å². The van der Waals surface area contributed by atoms with Crippen molar-refractivity contribution in [2.24, 2.45) is 5.14 Å². The molecule has 0 spiro atoms. The summed E-state index contributed by atoms with van der Waals surface area (Å²) in [5.74, 6) is -1.86. The molecule has 1 aliphatic heterocycles. The van der Waals surface area contributed by atoms with E-state index < -0.39 is 27.7 Å². The number of halogens is 2. The van der Waals surface area contributed by atoms with Crippen LogP contribution < -0.4 is 20.7 Å². The maximum Gasteiger partial charge on any atom is 0.283 e. The number of anilines is 3. The summed E-state index contributed by atoms with van der Waals surface area (Å²) in [7, 11) is -3.85. The summed E-state index contributed by atoms with van der Waals surface area (Å²) in [6.07, 6.45) is 0. The molecule has 4 rings (SSSR count). The summed E-state index contributed by atoms with van der Waals surface area (Å²) in [5, 5.41) is 10.6. The van der Waals surface area contributed by atoms with Crippen LogP contribution in [-0.4, -0.2) is 26.1 Å². The standard InChI is InChI=1S/C24H18Cl2N4O5S/c1-13-5-6-15(25)12-19(13)30-23(32)20(26)21(24(30)33)28-17-4-2-3-14(11-17)22(31)29-16-7-9-18(10-8-16)36(27,34)35/h2-12,28H,1H3,(H,29,31)(H2,27,34,35). The monoisotopic (exact) mass is 544 g/mol. The average molecular weight is 545 g/mol. The second-order valence-electron chi connectivity index (χ2n) is 7.79. The fraction of sp³-hybridized carbons (Fsp3) is 0.0417. The third-order valence-electron chi connectivity index (χ3n) is 5.27. The molecular weight excluding hydrogens is 527 g/mol. The molecule has 12 heteroatoms. The zero-order chi connectivity index (χ0) is 26.2. The lowest BCUT2D eigenvalue weighted by Gasteiger charge is -2.18. The number of sulfonamides is 1. The Bertz CT molecular complexity index is 1550. The second-order valence-corrected chi connectivity index (χ2v) is 10.2. The SMILES string of the molecule is Cc1ccc(Cl)cc1N1C(=O)C(Cl)=C(Nc2cccc(C(=O)Nc3ccc(S(N)(=O)=O)cc3)c2)C1=O. The Labute approximate surface area is 216 Å². The van der Waals surface area contributed by atoms with Gasteiger partial charge in [-0.15, -0.1) is 0 Å². The summed E-state index contributed by atoms with van der Waals surface area (Å²) in [6.45, 7) is 1.73. The molecule has 0 aromatic heterocycles. The fourth-order valence-electron chi connectivity index (χ4n) is 3.47. The van der Waals surface area contributed by atoms with E-state index >= 15 is 0 Å². The molecule has 0 unspecified atom stereocenters. The number of benzene rings is 3. The molecule has 0 saturated carbocycles. The highest BCUT2D eigenvalue weighted by molar-refractivity contribution is 7.89. The van der Waals surface area contributed by atoms with Crippen LogP contribution in [0.3, 0.4) is 0 Å². The van der Waals surface area contributed by atoms with E-state index in [1.54, 1.807) is 37.3 Å². The van der Waals surface area contributed by atoms with Crippen molar-refractivity contribution in [1.29, 1.82) is 0 Å². The number of carbonyl (C=O) groups is 3. The number of nitrogens with zero attached hydrogens (tertiary/aromatic N) is 1. The van der Waals surface area contributed by atoms with Crippen LogP contribution in [0.5, 0.6) is 0 Å². The minimum Gasteiger partial charge on any atom is -0.350 e. The van der Waals surface area contributed by atoms with Gasteiger partial charge < -0.3 is 10.6 Å². The van der Waals surface area contributed by atoms with E-state index in [0.29, 0.717) is 27.6 Å². The second kappa shape index (κ2) is 9.75. The summed E-state index contributed by atoms with van der Waals surface area (Å²) in [6, 6.07) is 16.4. The van der Waals surface area contributed by atoms with Crippen molar-refractivity contribution in [1.82, 2.24) is 0 Å². The molecule has 1 heterocycles. The molecule has 0 aliphatic carbocycles. The average Bonchev–Trinajstić information content (AvgIpc) is 3.03. The molecule has 3 aromatic rings. The van der Waals surface area contributed by atoms with Crippen LogP contribution >= 0.6 is 23.2 Å². The largest absolute Gasteiger partial charge is 0.350 e. The summed E-state index contributed by atoms with van der Waals surface area (Å²) in [4.78, 5) is 39.4.